The average Bonchev–Trinajstić information content (AvgIpc) is 2.72. The van der Waals surface area contributed by atoms with E-state index in [1.165, 1.54) is 16.7 Å². The van der Waals surface area contributed by atoms with Crippen LogP contribution in [-0.4, -0.2) is 12.1 Å². The van der Waals surface area contributed by atoms with Gasteiger partial charge in [-0.15, -0.1) is 0 Å². The number of hydrogen-bond donors (Lipinski definition) is 1. The van der Waals surface area contributed by atoms with Crippen LogP contribution in [0.25, 0.3) is 0 Å². The van der Waals surface area contributed by atoms with Gasteiger partial charge in [0.25, 0.3) is 0 Å². The molecule has 0 radical (unpaired) electrons. The summed E-state index contributed by atoms with van der Waals surface area (Å²) in [6.45, 7) is 11.3. The number of nitrogens with one attached hydrogen (secondary N) is 1. The zero-order valence-corrected chi connectivity index (χ0v) is 17.9. The smallest absolute Gasteiger partial charge is 0.248 e. The van der Waals surface area contributed by atoms with Gasteiger partial charge >= 0.3 is 0 Å². The molecule has 0 aromatic heterocycles. The van der Waals surface area contributed by atoms with Crippen molar-refractivity contribution in [1.82, 2.24) is 0 Å². The van der Waals surface area contributed by atoms with Crippen LogP contribution in [0.4, 0.5) is 5.69 Å². The van der Waals surface area contributed by atoms with Gasteiger partial charge in [-0.3, -0.25) is 9.79 Å². The van der Waals surface area contributed by atoms with E-state index in [4.69, 9.17) is 0 Å². The molecule has 3 nitrogen and oxygen atoms in total. The summed E-state index contributed by atoms with van der Waals surface area (Å²) in [4.78, 5) is 15.5. The molecule has 1 amide bonds. The van der Waals surface area contributed by atoms with E-state index in [2.05, 4.69) is 55.3 Å². The van der Waals surface area contributed by atoms with Gasteiger partial charge in [0.1, 0.15) is 0 Å². The lowest BCUT2D eigenvalue weighted by Crippen LogP contribution is -2.07. The molecule has 0 aliphatic carbocycles. The Hall–Kier alpha value is -2.68. The maximum Gasteiger partial charge on any atom is 0.248 e. The fourth-order valence-electron chi connectivity index (χ4n) is 2.48. The Kier molecular flexibility index (Phi) is 11.2. The van der Waals surface area contributed by atoms with Crippen molar-refractivity contribution in [2.75, 3.05) is 5.32 Å². The summed E-state index contributed by atoms with van der Waals surface area (Å²) in [5.41, 5.74) is 4.81. The summed E-state index contributed by atoms with van der Waals surface area (Å²) in [6.07, 6.45) is 7.15. The van der Waals surface area contributed by atoms with Gasteiger partial charge in [0.05, 0.1) is 6.54 Å². The third kappa shape index (κ3) is 9.31. The van der Waals surface area contributed by atoms with E-state index in [0.29, 0.717) is 5.92 Å². The van der Waals surface area contributed by atoms with Crippen LogP contribution >= 0.6 is 0 Å². The van der Waals surface area contributed by atoms with Gasteiger partial charge in [-0.2, -0.15) is 0 Å². The molecular formula is C25H34N2O. The lowest BCUT2D eigenvalue weighted by Gasteiger charge is -2.06. The summed E-state index contributed by atoms with van der Waals surface area (Å²) in [5, 5.41) is 2.80. The topological polar surface area (TPSA) is 41.5 Å². The fourth-order valence-corrected chi connectivity index (χ4v) is 2.48. The number of anilines is 1. The average molecular weight is 379 g/mol. The van der Waals surface area contributed by atoms with Crippen LogP contribution < -0.4 is 5.32 Å². The van der Waals surface area contributed by atoms with Gasteiger partial charge in [-0.1, -0.05) is 70.2 Å². The lowest BCUT2D eigenvalue weighted by molar-refractivity contribution is -0.111. The predicted molar refractivity (Wildman–Crippen MR) is 122 cm³/mol. The van der Waals surface area contributed by atoms with Crippen molar-refractivity contribution in [3.05, 3.63) is 77.4 Å². The molecule has 28 heavy (non-hydrogen) atoms. The summed E-state index contributed by atoms with van der Waals surface area (Å²) < 4.78 is 0. The molecule has 0 bridgehead atoms. The summed E-state index contributed by atoms with van der Waals surface area (Å²) in [7, 11) is 0. The molecule has 0 unspecified atom stereocenters. The van der Waals surface area contributed by atoms with Crippen LogP contribution in [-0.2, 0) is 17.8 Å². The van der Waals surface area contributed by atoms with Gasteiger partial charge in [0.15, 0.2) is 0 Å². The van der Waals surface area contributed by atoms with E-state index >= 15 is 0 Å². The number of nitrogens with zero attached hydrogens (tertiary/aromatic N) is 1. The zero-order valence-electron chi connectivity index (χ0n) is 17.9. The molecule has 3 heteroatoms. The molecular weight excluding hydrogens is 344 g/mol. The second-order valence-corrected chi connectivity index (χ2v) is 6.85. The number of hydrogen-bond acceptors (Lipinski definition) is 2. The molecule has 2 rings (SSSR count). The highest BCUT2D eigenvalue weighted by Gasteiger charge is 1.99. The third-order valence-corrected chi connectivity index (χ3v) is 4.21. The zero-order chi connectivity index (χ0) is 20.8. The van der Waals surface area contributed by atoms with E-state index in [1.807, 2.05) is 50.4 Å². The first-order valence-corrected chi connectivity index (χ1v) is 10.1. The molecule has 150 valence electrons. The number of carbonyl (C=O) groups is 1. The molecule has 0 fully saturated rings. The van der Waals surface area contributed by atoms with Crippen LogP contribution in [0.5, 0.6) is 0 Å². The van der Waals surface area contributed by atoms with Crippen LogP contribution in [0, 0.1) is 0 Å². The number of benzene rings is 2. The van der Waals surface area contributed by atoms with Crippen molar-refractivity contribution in [3.8, 4) is 0 Å². The minimum Gasteiger partial charge on any atom is -0.323 e. The van der Waals surface area contributed by atoms with Gasteiger partial charge in [0, 0.05) is 5.69 Å². The molecule has 1 N–H and O–H groups in total. The number of allylic oxidation sites excluding steroid dienone is 1. The van der Waals surface area contributed by atoms with Crippen molar-refractivity contribution in [3.63, 3.8) is 0 Å². The van der Waals surface area contributed by atoms with E-state index in [-0.39, 0.29) is 5.91 Å². The molecule has 0 spiro atoms. The molecule has 0 aliphatic heterocycles. The van der Waals surface area contributed by atoms with Gasteiger partial charge in [-0.05, 0) is 66.8 Å². The summed E-state index contributed by atoms with van der Waals surface area (Å²) >= 11 is 0. The van der Waals surface area contributed by atoms with Crippen molar-refractivity contribution in [2.24, 2.45) is 4.99 Å². The highest BCUT2D eigenvalue weighted by Crippen LogP contribution is 2.15. The Balaban J connectivity index is 0.000000283. The van der Waals surface area contributed by atoms with Gasteiger partial charge in [0.2, 0.25) is 5.91 Å². The maximum absolute atomic E-state index is 11.3. The number of aryl methyl sites for hydroxylation is 1. The first-order chi connectivity index (χ1) is 13.5. The molecule has 0 atom stereocenters. The second-order valence-electron chi connectivity index (χ2n) is 6.85. The summed E-state index contributed by atoms with van der Waals surface area (Å²) in [6, 6.07) is 16.5. The molecule has 0 heterocycles. The SMILES string of the molecule is CC/C=C/C(=O)Nc1ccc(CC)cc1.CC=NCc1cccc(C(C)C)c1. The fraction of sp³-hybridized carbons (Fsp3) is 0.360. The Morgan fingerprint density at radius 1 is 1.07 bits per heavy atom. The largest absolute Gasteiger partial charge is 0.323 e. The first kappa shape index (κ1) is 23.4. The van der Waals surface area contributed by atoms with Crippen LogP contribution in [0.3, 0.4) is 0 Å². The monoisotopic (exact) mass is 378 g/mol. The third-order valence-electron chi connectivity index (χ3n) is 4.21. The Morgan fingerprint density at radius 2 is 1.79 bits per heavy atom. The predicted octanol–water partition coefficient (Wildman–Crippen LogP) is 6.55. The van der Waals surface area contributed by atoms with Crippen LogP contribution in [0.1, 0.15) is 63.6 Å². The standard InChI is InChI=1S/C13H17NO.C12H17N/c1-3-5-6-13(15)14-12-9-7-11(4-2)8-10-12;1-4-13-9-11-6-5-7-12(8-11)10(2)3/h5-10H,3-4H2,1-2H3,(H,14,15);4-8,10H,9H2,1-3H3/b6-5+;. The van der Waals surface area contributed by atoms with E-state index in [0.717, 1.165) is 25.1 Å². The Bertz CT molecular complexity index is 758. The van der Waals surface area contributed by atoms with E-state index < -0.39 is 0 Å². The minimum absolute atomic E-state index is 0.0684. The number of carbonyl (C=O) groups excluding carboxylic acids is 1. The van der Waals surface area contributed by atoms with Crippen molar-refractivity contribution in [2.45, 2.75) is 59.9 Å². The highest BCUT2D eigenvalue weighted by molar-refractivity contribution is 5.99. The second kappa shape index (κ2) is 13.5. The lowest BCUT2D eigenvalue weighted by atomic mass is 10.0. The summed E-state index contributed by atoms with van der Waals surface area (Å²) in [5.74, 6) is 0.534. The van der Waals surface area contributed by atoms with E-state index in [1.54, 1.807) is 6.08 Å². The number of rotatable bonds is 7. The van der Waals surface area contributed by atoms with E-state index in [9.17, 15) is 4.79 Å². The molecule has 0 aliphatic rings. The molecule has 2 aromatic carbocycles. The van der Waals surface area contributed by atoms with Crippen molar-refractivity contribution < 1.29 is 4.79 Å². The highest BCUT2D eigenvalue weighted by atomic mass is 16.1. The normalized spacial score (nSPS) is 10.9. The Labute approximate surface area is 170 Å². The molecule has 2 aromatic rings. The van der Waals surface area contributed by atoms with Gasteiger partial charge in [-0.25, -0.2) is 0 Å². The van der Waals surface area contributed by atoms with Crippen LogP contribution in [0.2, 0.25) is 0 Å². The van der Waals surface area contributed by atoms with Crippen LogP contribution in [0.15, 0.2) is 65.7 Å². The number of aliphatic imine (C=N–C) groups is 1. The maximum atomic E-state index is 11.3. The van der Waals surface area contributed by atoms with Gasteiger partial charge < -0.3 is 5.32 Å². The Morgan fingerprint density at radius 3 is 2.36 bits per heavy atom. The minimum atomic E-state index is -0.0684. The van der Waals surface area contributed by atoms with Crippen molar-refractivity contribution in [1.29, 1.82) is 0 Å². The van der Waals surface area contributed by atoms with Crippen molar-refractivity contribution >= 4 is 17.8 Å². The quantitative estimate of drug-likeness (QED) is 0.430. The molecule has 0 saturated carbocycles. The first-order valence-electron chi connectivity index (χ1n) is 10.1. The molecule has 0 saturated heterocycles. The number of amides is 1.